The summed E-state index contributed by atoms with van der Waals surface area (Å²) in [5, 5.41) is 12.6. The highest BCUT2D eigenvalue weighted by Crippen LogP contribution is 2.31. The number of hydrogen-bond acceptors (Lipinski definition) is 5. The number of nitrogens with one attached hydrogen (secondary N) is 2. The number of aromatic carboxylic acids is 1. The first-order valence-electron chi connectivity index (χ1n) is 11.2. The van der Waals surface area contributed by atoms with Gasteiger partial charge in [0, 0.05) is 18.5 Å². The molecule has 3 aromatic carbocycles. The van der Waals surface area contributed by atoms with Gasteiger partial charge in [0.1, 0.15) is 12.0 Å². The Morgan fingerprint density at radius 3 is 2.65 bits per heavy atom. The summed E-state index contributed by atoms with van der Waals surface area (Å²) >= 11 is 0. The molecule has 5 rings (SSSR count). The number of carboxylic acid groups (broad SMARTS) is 1. The van der Waals surface area contributed by atoms with Crippen LogP contribution in [-0.4, -0.2) is 26.7 Å². The molecule has 8 heteroatoms. The summed E-state index contributed by atoms with van der Waals surface area (Å²) in [6.45, 7) is 2.52. The van der Waals surface area contributed by atoms with Crippen LogP contribution in [0.15, 0.2) is 66.7 Å². The summed E-state index contributed by atoms with van der Waals surface area (Å²) in [6.07, 6.45) is 0.578. The van der Waals surface area contributed by atoms with Crippen molar-refractivity contribution < 1.29 is 19.5 Å². The number of hydroxylamine groups is 1. The first kappa shape index (κ1) is 21.7. The molecule has 0 bridgehead atoms. The van der Waals surface area contributed by atoms with Crippen molar-refractivity contribution in [3.05, 3.63) is 89.2 Å². The zero-order chi connectivity index (χ0) is 23.7. The van der Waals surface area contributed by atoms with Gasteiger partial charge in [-0.3, -0.25) is 5.32 Å². The number of nitrogens with zero attached hydrogens (tertiary/aromatic N) is 2. The predicted octanol–water partition coefficient (Wildman–Crippen LogP) is 4.65. The van der Waals surface area contributed by atoms with E-state index in [0.29, 0.717) is 17.6 Å². The number of carboxylic acids is 1. The van der Waals surface area contributed by atoms with Crippen LogP contribution in [0.2, 0.25) is 0 Å². The molecular formula is C26H24N4O4. The Morgan fingerprint density at radius 2 is 1.94 bits per heavy atom. The maximum Gasteiger partial charge on any atom is 0.427 e. The minimum Gasteiger partial charge on any atom is -0.478 e. The monoisotopic (exact) mass is 456 g/mol. The topological polar surface area (TPSA) is 105 Å². The van der Waals surface area contributed by atoms with Gasteiger partial charge in [-0.25, -0.2) is 14.6 Å². The van der Waals surface area contributed by atoms with Crippen molar-refractivity contribution in [2.75, 3.05) is 0 Å². The first-order valence-corrected chi connectivity index (χ1v) is 11.2. The van der Waals surface area contributed by atoms with Crippen molar-refractivity contribution in [1.82, 2.24) is 20.3 Å². The van der Waals surface area contributed by atoms with Crippen LogP contribution < -0.4 is 10.8 Å². The summed E-state index contributed by atoms with van der Waals surface area (Å²) in [5.74, 6) is -0.138. The van der Waals surface area contributed by atoms with Gasteiger partial charge in [0.15, 0.2) is 0 Å². The quantitative estimate of drug-likeness (QED) is 0.374. The Kier molecular flexibility index (Phi) is 5.73. The summed E-state index contributed by atoms with van der Waals surface area (Å²) in [6, 6.07) is 21.1. The molecule has 1 fully saturated rings. The fourth-order valence-electron chi connectivity index (χ4n) is 4.43. The van der Waals surface area contributed by atoms with Gasteiger partial charge in [0.25, 0.3) is 0 Å². The molecule has 172 valence electrons. The van der Waals surface area contributed by atoms with Gasteiger partial charge in [-0.15, -0.1) is 5.48 Å². The third-order valence-corrected chi connectivity index (χ3v) is 5.93. The second-order valence-electron chi connectivity index (χ2n) is 8.21. The summed E-state index contributed by atoms with van der Waals surface area (Å²) in [5.41, 5.74) is 8.04. The number of benzene rings is 3. The van der Waals surface area contributed by atoms with Crippen molar-refractivity contribution in [2.24, 2.45) is 0 Å². The average Bonchev–Trinajstić information content (AvgIpc) is 3.43. The van der Waals surface area contributed by atoms with Crippen LogP contribution in [0, 0.1) is 0 Å². The number of carbonyl (C=O) groups is 2. The highest BCUT2D eigenvalue weighted by atomic mass is 16.7. The Labute approximate surface area is 196 Å². The molecule has 34 heavy (non-hydrogen) atoms. The standard InChI is InChI=1S/C26H24N4O4/c1-2-7-22-27-21-11-6-10-19(25(31)32)23(21)30(22)15-16-12-13-18(17-8-4-3-5-9-17)20(14-16)24-28-26(33)34-29-24/h3-6,8-14,24,29H,2,7,15H2,1H3,(H,28,33)(H,31,32). The van der Waals surface area contributed by atoms with E-state index in [0.717, 1.165) is 40.9 Å². The molecule has 0 aliphatic carbocycles. The molecule has 1 aliphatic heterocycles. The number of aromatic nitrogens is 2. The van der Waals surface area contributed by atoms with E-state index in [1.807, 2.05) is 59.2 Å². The molecule has 8 nitrogen and oxygen atoms in total. The zero-order valence-electron chi connectivity index (χ0n) is 18.6. The number of hydrogen-bond donors (Lipinski definition) is 3. The highest BCUT2D eigenvalue weighted by molar-refractivity contribution is 6.01. The van der Waals surface area contributed by atoms with E-state index >= 15 is 0 Å². The molecular weight excluding hydrogens is 432 g/mol. The fraction of sp³-hybridized carbons (Fsp3) is 0.192. The number of amides is 1. The van der Waals surface area contributed by atoms with Crippen LogP contribution >= 0.6 is 0 Å². The largest absolute Gasteiger partial charge is 0.478 e. The van der Waals surface area contributed by atoms with Crippen molar-refractivity contribution in [3.63, 3.8) is 0 Å². The van der Waals surface area contributed by atoms with Crippen molar-refractivity contribution >= 4 is 23.1 Å². The lowest BCUT2D eigenvalue weighted by molar-refractivity contribution is 0.0698. The van der Waals surface area contributed by atoms with Crippen LogP contribution in [0.5, 0.6) is 0 Å². The van der Waals surface area contributed by atoms with Gasteiger partial charge in [-0.1, -0.05) is 55.5 Å². The zero-order valence-corrected chi connectivity index (χ0v) is 18.6. The van der Waals surface area contributed by atoms with Crippen LogP contribution in [0.3, 0.4) is 0 Å². The van der Waals surface area contributed by atoms with Crippen molar-refractivity contribution in [3.8, 4) is 11.1 Å². The number of rotatable bonds is 7. The summed E-state index contributed by atoms with van der Waals surface area (Å²) < 4.78 is 1.99. The van der Waals surface area contributed by atoms with Crippen LogP contribution in [0.25, 0.3) is 22.2 Å². The number of imidazole rings is 1. The van der Waals surface area contributed by atoms with Gasteiger partial charge in [-0.2, -0.15) is 0 Å². The summed E-state index contributed by atoms with van der Waals surface area (Å²) in [7, 11) is 0. The van der Waals surface area contributed by atoms with Gasteiger partial charge >= 0.3 is 12.1 Å². The van der Waals surface area contributed by atoms with Crippen LogP contribution in [0.4, 0.5) is 4.79 Å². The van der Waals surface area contributed by atoms with Crippen molar-refractivity contribution in [2.45, 2.75) is 32.5 Å². The molecule has 1 unspecified atom stereocenters. The molecule has 1 saturated heterocycles. The summed E-state index contributed by atoms with van der Waals surface area (Å²) in [4.78, 5) is 33.3. The Balaban J connectivity index is 1.62. The smallest absolute Gasteiger partial charge is 0.427 e. The van der Waals surface area contributed by atoms with E-state index in [1.54, 1.807) is 12.1 Å². The minimum absolute atomic E-state index is 0.228. The number of para-hydroxylation sites is 1. The lowest BCUT2D eigenvalue weighted by atomic mass is 9.95. The molecule has 3 N–H and O–H groups in total. The molecule has 4 aromatic rings. The molecule has 1 aromatic heterocycles. The molecule has 1 aliphatic rings. The normalized spacial score (nSPS) is 15.3. The molecule has 0 radical (unpaired) electrons. The van der Waals surface area contributed by atoms with Crippen molar-refractivity contribution in [1.29, 1.82) is 0 Å². The maximum absolute atomic E-state index is 11.9. The number of fused-ring (bicyclic) bond motifs is 1. The lowest BCUT2D eigenvalue weighted by Gasteiger charge is -2.17. The fourth-order valence-corrected chi connectivity index (χ4v) is 4.43. The average molecular weight is 457 g/mol. The van der Waals surface area contributed by atoms with Gasteiger partial charge in [0.05, 0.1) is 16.6 Å². The Hall–Kier alpha value is -4.17. The number of carbonyl (C=O) groups excluding carboxylic acids is 1. The van der Waals surface area contributed by atoms with Crippen LogP contribution in [-0.2, 0) is 17.8 Å². The van der Waals surface area contributed by atoms with E-state index in [9.17, 15) is 14.7 Å². The third-order valence-electron chi connectivity index (χ3n) is 5.93. The van der Waals surface area contributed by atoms with Gasteiger partial charge in [-0.05, 0) is 41.3 Å². The first-order chi connectivity index (χ1) is 16.5. The molecule has 1 amide bonds. The van der Waals surface area contributed by atoms with E-state index in [-0.39, 0.29) is 5.56 Å². The third kappa shape index (κ3) is 3.99. The molecule has 1 atom stereocenters. The number of aryl methyl sites for hydroxylation is 1. The second-order valence-corrected chi connectivity index (χ2v) is 8.21. The molecule has 2 heterocycles. The SMILES string of the molecule is CCCc1nc2cccc(C(=O)O)c2n1Cc1ccc(-c2ccccc2)c(C2NOC(=O)N2)c1. The van der Waals surface area contributed by atoms with Crippen LogP contribution in [0.1, 0.15) is 46.8 Å². The molecule has 0 spiro atoms. The van der Waals surface area contributed by atoms with Gasteiger partial charge < -0.3 is 14.5 Å². The predicted molar refractivity (Wildman–Crippen MR) is 127 cm³/mol. The Bertz CT molecular complexity index is 1380. The minimum atomic E-state index is -0.982. The molecule has 0 saturated carbocycles. The maximum atomic E-state index is 11.9. The van der Waals surface area contributed by atoms with E-state index in [2.05, 4.69) is 17.7 Å². The second kappa shape index (κ2) is 8.99. The van der Waals surface area contributed by atoms with E-state index in [1.165, 1.54) is 0 Å². The van der Waals surface area contributed by atoms with E-state index < -0.39 is 18.2 Å². The lowest BCUT2D eigenvalue weighted by Crippen LogP contribution is -2.23. The highest BCUT2D eigenvalue weighted by Gasteiger charge is 2.26. The van der Waals surface area contributed by atoms with E-state index in [4.69, 9.17) is 9.82 Å². The van der Waals surface area contributed by atoms with Gasteiger partial charge in [0.2, 0.25) is 0 Å². The Morgan fingerprint density at radius 1 is 1.12 bits per heavy atom.